The first-order chi connectivity index (χ1) is 6.52. The van der Waals surface area contributed by atoms with Crippen molar-refractivity contribution in [3.8, 4) is 0 Å². The number of hydrogen-bond acceptors (Lipinski definition) is 4. The molecule has 0 fully saturated rings. The van der Waals surface area contributed by atoms with Gasteiger partial charge >= 0.3 is 12.1 Å². The summed E-state index contributed by atoms with van der Waals surface area (Å²) in [5, 5.41) is 10.6. The summed E-state index contributed by atoms with van der Waals surface area (Å²) in [4.78, 5) is 20.9. The number of ether oxygens (including phenoxy) is 2. The van der Waals surface area contributed by atoms with Crippen molar-refractivity contribution in [2.45, 2.75) is 20.0 Å². The highest BCUT2D eigenvalue weighted by Gasteiger charge is 2.03. The predicted octanol–water partition coefficient (Wildman–Crippen LogP) is 0.222. The molecule has 0 unspecified atom stereocenters. The van der Waals surface area contributed by atoms with Crippen LogP contribution in [0.15, 0.2) is 0 Å². The molecule has 0 saturated heterocycles. The number of rotatable bonds is 6. The van der Waals surface area contributed by atoms with Crippen molar-refractivity contribution in [2.24, 2.45) is 0 Å². The zero-order valence-corrected chi connectivity index (χ0v) is 8.28. The van der Waals surface area contributed by atoms with Gasteiger partial charge in [0.1, 0.15) is 6.61 Å². The van der Waals surface area contributed by atoms with E-state index in [4.69, 9.17) is 9.84 Å². The van der Waals surface area contributed by atoms with Crippen LogP contribution >= 0.6 is 0 Å². The Bertz CT molecular complexity index is 192. The van der Waals surface area contributed by atoms with Crippen molar-refractivity contribution in [1.29, 1.82) is 0 Å². The van der Waals surface area contributed by atoms with Gasteiger partial charge in [-0.3, -0.25) is 0 Å². The molecule has 1 amide bonds. The van der Waals surface area contributed by atoms with Crippen LogP contribution in [-0.2, 0) is 14.3 Å². The molecule has 0 radical (unpaired) electrons. The van der Waals surface area contributed by atoms with Crippen LogP contribution in [0.3, 0.4) is 0 Å². The maximum absolute atomic E-state index is 10.8. The van der Waals surface area contributed by atoms with Crippen LogP contribution in [-0.4, -0.2) is 43.0 Å². The summed E-state index contributed by atoms with van der Waals surface area (Å²) in [5.74, 6) is -1.03. The van der Waals surface area contributed by atoms with E-state index in [0.29, 0.717) is 0 Å². The first-order valence-corrected chi connectivity index (χ1v) is 4.26. The van der Waals surface area contributed by atoms with E-state index in [1.54, 1.807) is 13.8 Å². The van der Waals surface area contributed by atoms with Gasteiger partial charge in [0.15, 0.2) is 0 Å². The van der Waals surface area contributed by atoms with Gasteiger partial charge in [0.05, 0.1) is 12.7 Å². The maximum Gasteiger partial charge on any atom is 0.407 e. The molecule has 0 atom stereocenters. The minimum atomic E-state index is -1.03. The lowest BCUT2D eigenvalue weighted by atomic mass is 10.5. The zero-order chi connectivity index (χ0) is 11.0. The Morgan fingerprint density at radius 3 is 2.57 bits per heavy atom. The van der Waals surface area contributed by atoms with Crippen LogP contribution in [0, 0.1) is 0 Å². The Labute approximate surface area is 82.2 Å². The van der Waals surface area contributed by atoms with Gasteiger partial charge in [-0.15, -0.1) is 0 Å². The van der Waals surface area contributed by atoms with E-state index in [1.165, 1.54) is 0 Å². The molecule has 0 aliphatic heterocycles. The Kier molecular flexibility index (Phi) is 6.47. The third-order valence-corrected chi connectivity index (χ3v) is 1.08. The van der Waals surface area contributed by atoms with Crippen molar-refractivity contribution in [1.82, 2.24) is 5.32 Å². The van der Waals surface area contributed by atoms with Gasteiger partial charge in [-0.2, -0.15) is 0 Å². The smallest absolute Gasteiger partial charge is 0.407 e. The number of alkyl carbamates (subject to hydrolysis) is 1. The first kappa shape index (κ1) is 12.7. The van der Waals surface area contributed by atoms with Gasteiger partial charge in [0, 0.05) is 6.54 Å². The fourth-order valence-electron chi connectivity index (χ4n) is 0.640. The monoisotopic (exact) mass is 205 g/mol. The minimum absolute atomic E-state index is 0.152. The molecule has 0 spiro atoms. The summed E-state index contributed by atoms with van der Waals surface area (Å²) in [6.07, 6.45) is -0.700. The molecule has 0 aromatic rings. The number of hydrogen-bond donors (Lipinski definition) is 2. The van der Waals surface area contributed by atoms with Crippen molar-refractivity contribution < 1.29 is 24.2 Å². The molecule has 82 valence electrons. The first-order valence-electron chi connectivity index (χ1n) is 4.26. The minimum Gasteiger partial charge on any atom is -0.480 e. The van der Waals surface area contributed by atoms with Gasteiger partial charge in [-0.1, -0.05) is 0 Å². The molecule has 6 nitrogen and oxygen atoms in total. The second-order valence-electron chi connectivity index (χ2n) is 2.83. The zero-order valence-electron chi connectivity index (χ0n) is 8.28. The molecule has 6 heteroatoms. The molecule has 0 saturated carbocycles. The number of carboxylic acid groups (broad SMARTS) is 1. The fourth-order valence-corrected chi connectivity index (χ4v) is 0.640. The molecule has 2 N–H and O–H groups in total. The molecule has 0 aromatic carbocycles. The molecule has 14 heavy (non-hydrogen) atoms. The fraction of sp³-hybridized carbons (Fsp3) is 0.750. The van der Waals surface area contributed by atoms with Gasteiger partial charge in [-0.25, -0.2) is 9.59 Å². The summed E-state index contributed by atoms with van der Waals surface area (Å²) in [6.45, 7) is 3.50. The SMILES string of the molecule is CC(C)OC(=O)NCCOCC(=O)O. The largest absolute Gasteiger partial charge is 0.480 e. The Morgan fingerprint density at radius 2 is 2.07 bits per heavy atom. The average Bonchev–Trinajstić information content (AvgIpc) is 2.01. The molecule has 0 bridgehead atoms. The molecule has 0 rings (SSSR count). The standard InChI is InChI=1S/C8H15NO5/c1-6(2)14-8(12)9-3-4-13-5-7(10)11/h6H,3-5H2,1-2H3,(H,9,12)(H,10,11). The van der Waals surface area contributed by atoms with Crippen molar-refractivity contribution in [3.63, 3.8) is 0 Å². The average molecular weight is 205 g/mol. The number of carbonyl (C=O) groups is 2. The highest BCUT2D eigenvalue weighted by Crippen LogP contribution is 1.87. The summed E-state index contributed by atoms with van der Waals surface area (Å²) < 4.78 is 9.44. The second-order valence-corrected chi connectivity index (χ2v) is 2.83. The third kappa shape index (κ3) is 8.79. The Balaban J connectivity index is 3.27. The highest BCUT2D eigenvalue weighted by molar-refractivity contribution is 5.68. The number of nitrogens with one attached hydrogen (secondary N) is 1. The maximum atomic E-state index is 10.8. The Morgan fingerprint density at radius 1 is 1.43 bits per heavy atom. The van der Waals surface area contributed by atoms with Crippen molar-refractivity contribution in [2.75, 3.05) is 19.8 Å². The van der Waals surface area contributed by atoms with E-state index < -0.39 is 12.1 Å². The summed E-state index contributed by atoms with van der Waals surface area (Å²) >= 11 is 0. The number of aliphatic carboxylic acids is 1. The lowest BCUT2D eigenvalue weighted by Gasteiger charge is -2.08. The van der Waals surface area contributed by atoms with E-state index in [2.05, 4.69) is 10.1 Å². The highest BCUT2D eigenvalue weighted by atomic mass is 16.6. The van der Waals surface area contributed by atoms with Crippen molar-refractivity contribution in [3.05, 3.63) is 0 Å². The lowest BCUT2D eigenvalue weighted by molar-refractivity contribution is -0.142. The molecule has 0 aliphatic carbocycles. The van der Waals surface area contributed by atoms with E-state index >= 15 is 0 Å². The second kappa shape index (κ2) is 7.14. The van der Waals surface area contributed by atoms with Crippen LogP contribution in [0.2, 0.25) is 0 Å². The van der Waals surface area contributed by atoms with Gasteiger partial charge in [0.25, 0.3) is 0 Å². The number of amides is 1. The lowest BCUT2D eigenvalue weighted by Crippen LogP contribution is -2.30. The van der Waals surface area contributed by atoms with Gasteiger partial charge in [-0.05, 0) is 13.8 Å². The molecule has 0 aromatic heterocycles. The summed E-state index contributed by atoms with van der Waals surface area (Å²) in [7, 11) is 0. The number of carbonyl (C=O) groups excluding carboxylic acids is 1. The van der Waals surface area contributed by atoms with Crippen LogP contribution in [0.4, 0.5) is 4.79 Å². The molecule has 0 heterocycles. The molecular formula is C8H15NO5. The Hall–Kier alpha value is -1.30. The van der Waals surface area contributed by atoms with Crippen LogP contribution in [0.1, 0.15) is 13.8 Å². The van der Waals surface area contributed by atoms with E-state index in [9.17, 15) is 9.59 Å². The van der Waals surface area contributed by atoms with E-state index in [0.717, 1.165) is 0 Å². The summed E-state index contributed by atoms with van der Waals surface area (Å²) in [6, 6.07) is 0. The van der Waals surface area contributed by atoms with E-state index in [-0.39, 0.29) is 25.9 Å². The number of carboxylic acids is 1. The van der Waals surface area contributed by atoms with E-state index in [1.807, 2.05) is 0 Å². The quantitative estimate of drug-likeness (QED) is 0.606. The van der Waals surface area contributed by atoms with Crippen LogP contribution < -0.4 is 5.32 Å². The normalized spacial score (nSPS) is 9.93. The van der Waals surface area contributed by atoms with Crippen LogP contribution in [0.5, 0.6) is 0 Å². The van der Waals surface area contributed by atoms with Gasteiger partial charge < -0.3 is 19.9 Å². The summed E-state index contributed by atoms with van der Waals surface area (Å²) in [5.41, 5.74) is 0. The third-order valence-electron chi connectivity index (χ3n) is 1.08. The molecular weight excluding hydrogens is 190 g/mol. The molecule has 0 aliphatic rings. The van der Waals surface area contributed by atoms with Crippen molar-refractivity contribution >= 4 is 12.1 Å². The van der Waals surface area contributed by atoms with Gasteiger partial charge in [0.2, 0.25) is 0 Å². The topological polar surface area (TPSA) is 84.9 Å². The predicted molar refractivity (Wildman–Crippen MR) is 48.1 cm³/mol. The van der Waals surface area contributed by atoms with Crippen LogP contribution in [0.25, 0.3) is 0 Å².